The van der Waals surface area contributed by atoms with Crippen molar-refractivity contribution in [2.24, 2.45) is 0 Å². The molecule has 0 bridgehead atoms. The summed E-state index contributed by atoms with van der Waals surface area (Å²) in [5, 5.41) is 3.23. The fourth-order valence-corrected chi connectivity index (χ4v) is 1.90. The minimum atomic E-state index is -0.548. The normalized spacial score (nSPS) is 12.4. The zero-order valence-electron chi connectivity index (χ0n) is 11.1. The fourth-order valence-electron chi connectivity index (χ4n) is 1.90. The lowest BCUT2D eigenvalue weighted by Gasteiger charge is -2.15. The Morgan fingerprint density at radius 1 is 1.05 bits per heavy atom. The predicted octanol–water partition coefficient (Wildman–Crippen LogP) is 4.12. The maximum absolute atomic E-state index is 13.5. The van der Waals surface area contributed by atoms with Crippen LogP contribution >= 0.6 is 0 Å². The van der Waals surface area contributed by atoms with Crippen LogP contribution < -0.4 is 5.32 Å². The molecule has 0 fully saturated rings. The Kier molecular flexibility index (Phi) is 4.27. The highest BCUT2D eigenvalue weighted by Crippen LogP contribution is 2.15. The molecule has 0 radical (unpaired) electrons. The van der Waals surface area contributed by atoms with E-state index in [1.54, 1.807) is 0 Å². The Bertz CT molecular complexity index is 549. The first-order valence-corrected chi connectivity index (χ1v) is 6.30. The molecule has 0 aliphatic heterocycles. The standard InChI is InChI=1S/C16H17F2N/c1-11-3-5-13(6-4-11)12(2)19-10-14-7-8-15(17)9-16(14)18/h3-9,12,19H,10H2,1-2H3/t12-/m0/s1. The third kappa shape index (κ3) is 3.61. The van der Waals surface area contributed by atoms with E-state index < -0.39 is 11.6 Å². The molecule has 0 amide bonds. The Labute approximate surface area is 112 Å². The summed E-state index contributed by atoms with van der Waals surface area (Å²) < 4.78 is 26.3. The number of rotatable bonds is 4. The predicted molar refractivity (Wildman–Crippen MR) is 72.8 cm³/mol. The van der Waals surface area contributed by atoms with Gasteiger partial charge in [-0.15, -0.1) is 0 Å². The van der Waals surface area contributed by atoms with Crippen molar-refractivity contribution in [1.29, 1.82) is 0 Å². The summed E-state index contributed by atoms with van der Waals surface area (Å²) in [5.41, 5.74) is 2.83. The molecule has 100 valence electrons. The van der Waals surface area contributed by atoms with Gasteiger partial charge < -0.3 is 5.32 Å². The lowest BCUT2D eigenvalue weighted by Crippen LogP contribution is -2.18. The van der Waals surface area contributed by atoms with Gasteiger partial charge in [0.25, 0.3) is 0 Å². The van der Waals surface area contributed by atoms with Crippen LogP contribution in [0, 0.1) is 18.6 Å². The first kappa shape index (κ1) is 13.7. The zero-order valence-corrected chi connectivity index (χ0v) is 11.1. The summed E-state index contributed by atoms with van der Waals surface area (Å²) in [6, 6.07) is 12.0. The van der Waals surface area contributed by atoms with E-state index in [0.717, 1.165) is 11.6 Å². The summed E-state index contributed by atoms with van der Waals surface area (Å²) in [6.45, 7) is 4.43. The van der Waals surface area contributed by atoms with E-state index >= 15 is 0 Å². The van der Waals surface area contributed by atoms with E-state index in [4.69, 9.17) is 0 Å². The largest absolute Gasteiger partial charge is 0.306 e. The van der Waals surface area contributed by atoms with Crippen LogP contribution in [0.4, 0.5) is 8.78 Å². The molecule has 0 aliphatic rings. The molecule has 0 saturated carbocycles. The van der Waals surface area contributed by atoms with Gasteiger partial charge in [0.05, 0.1) is 0 Å². The monoisotopic (exact) mass is 261 g/mol. The fraction of sp³-hybridized carbons (Fsp3) is 0.250. The van der Waals surface area contributed by atoms with Crippen molar-refractivity contribution in [3.05, 3.63) is 70.8 Å². The molecule has 0 spiro atoms. The zero-order chi connectivity index (χ0) is 13.8. The van der Waals surface area contributed by atoms with Crippen LogP contribution in [0.3, 0.4) is 0 Å². The van der Waals surface area contributed by atoms with Crippen LogP contribution in [-0.2, 0) is 6.54 Å². The van der Waals surface area contributed by atoms with E-state index in [1.807, 2.05) is 38.1 Å². The molecule has 3 heteroatoms. The van der Waals surface area contributed by atoms with Crippen molar-refractivity contribution in [3.63, 3.8) is 0 Å². The third-order valence-electron chi connectivity index (χ3n) is 3.19. The molecular formula is C16H17F2N. The molecule has 0 aliphatic carbocycles. The maximum Gasteiger partial charge on any atom is 0.130 e. The molecular weight excluding hydrogens is 244 g/mol. The van der Waals surface area contributed by atoms with E-state index in [9.17, 15) is 8.78 Å². The number of halogens is 2. The van der Waals surface area contributed by atoms with Gasteiger partial charge in [-0.3, -0.25) is 0 Å². The van der Waals surface area contributed by atoms with Crippen LogP contribution in [0.15, 0.2) is 42.5 Å². The number of benzene rings is 2. The maximum atomic E-state index is 13.5. The minimum absolute atomic E-state index is 0.116. The molecule has 0 saturated heterocycles. The smallest absolute Gasteiger partial charge is 0.130 e. The van der Waals surface area contributed by atoms with E-state index in [1.165, 1.54) is 17.7 Å². The van der Waals surface area contributed by atoms with E-state index in [0.29, 0.717) is 12.1 Å². The topological polar surface area (TPSA) is 12.0 Å². The summed E-state index contributed by atoms with van der Waals surface area (Å²) in [7, 11) is 0. The van der Waals surface area contributed by atoms with Gasteiger partial charge >= 0.3 is 0 Å². The molecule has 1 atom stereocenters. The molecule has 2 aromatic rings. The summed E-state index contributed by atoms with van der Waals surface area (Å²) in [4.78, 5) is 0. The highest BCUT2D eigenvalue weighted by atomic mass is 19.1. The van der Waals surface area contributed by atoms with Gasteiger partial charge in [0.1, 0.15) is 11.6 Å². The van der Waals surface area contributed by atoms with Crippen molar-refractivity contribution >= 4 is 0 Å². The molecule has 2 rings (SSSR count). The van der Waals surface area contributed by atoms with Crippen molar-refractivity contribution in [2.75, 3.05) is 0 Å². The second-order valence-electron chi connectivity index (χ2n) is 4.75. The molecule has 0 heterocycles. The molecule has 2 aromatic carbocycles. The van der Waals surface area contributed by atoms with Crippen LogP contribution in [0.5, 0.6) is 0 Å². The first-order valence-electron chi connectivity index (χ1n) is 6.30. The number of aryl methyl sites for hydroxylation is 1. The van der Waals surface area contributed by atoms with E-state index in [-0.39, 0.29) is 6.04 Å². The lowest BCUT2D eigenvalue weighted by atomic mass is 10.1. The van der Waals surface area contributed by atoms with Crippen molar-refractivity contribution < 1.29 is 8.78 Å². The quantitative estimate of drug-likeness (QED) is 0.872. The molecule has 0 unspecified atom stereocenters. The van der Waals surface area contributed by atoms with Crippen LogP contribution in [-0.4, -0.2) is 0 Å². The molecule has 1 N–H and O–H groups in total. The highest BCUT2D eigenvalue weighted by Gasteiger charge is 2.07. The second kappa shape index (κ2) is 5.93. The minimum Gasteiger partial charge on any atom is -0.306 e. The van der Waals surface area contributed by atoms with Gasteiger partial charge in [-0.1, -0.05) is 35.9 Å². The average molecular weight is 261 g/mol. The van der Waals surface area contributed by atoms with Crippen LogP contribution in [0.2, 0.25) is 0 Å². The number of hydrogen-bond donors (Lipinski definition) is 1. The third-order valence-corrected chi connectivity index (χ3v) is 3.19. The SMILES string of the molecule is Cc1ccc([C@H](C)NCc2ccc(F)cc2F)cc1. The van der Waals surface area contributed by atoms with Crippen LogP contribution in [0.25, 0.3) is 0 Å². The Balaban J connectivity index is 2.00. The molecule has 0 aromatic heterocycles. The van der Waals surface area contributed by atoms with Crippen molar-refractivity contribution in [3.8, 4) is 0 Å². The average Bonchev–Trinajstić information content (AvgIpc) is 2.38. The lowest BCUT2D eigenvalue weighted by molar-refractivity contribution is 0.533. The van der Waals surface area contributed by atoms with Gasteiger partial charge in [-0.2, -0.15) is 0 Å². The Morgan fingerprint density at radius 2 is 1.74 bits per heavy atom. The van der Waals surface area contributed by atoms with Gasteiger partial charge in [0, 0.05) is 24.2 Å². The van der Waals surface area contributed by atoms with Gasteiger partial charge in [-0.05, 0) is 25.5 Å². The molecule has 1 nitrogen and oxygen atoms in total. The molecule has 19 heavy (non-hydrogen) atoms. The summed E-state index contributed by atoms with van der Waals surface area (Å²) in [5.74, 6) is -1.06. The first-order chi connectivity index (χ1) is 9.06. The number of hydrogen-bond acceptors (Lipinski definition) is 1. The van der Waals surface area contributed by atoms with Crippen molar-refractivity contribution in [2.45, 2.75) is 26.4 Å². The second-order valence-corrected chi connectivity index (χ2v) is 4.75. The van der Waals surface area contributed by atoms with Gasteiger partial charge in [-0.25, -0.2) is 8.78 Å². The highest BCUT2D eigenvalue weighted by molar-refractivity contribution is 5.24. The summed E-state index contributed by atoms with van der Waals surface area (Å²) in [6.07, 6.45) is 0. The Morgan fingerprint density at radius 3 is 2.37 bits per heavy atom. The summed E-state index contributed by atoms with van der Waals surface area (Å²) >= 11 is 0. The van der Waals surface area contributed by atoms with Crippen molar-refractivity contribution in [1.82, 2.24) is 5.32 Å². The Hall–Kier alpha value is -1.74. The van der Waals surface area contributed by atoms with Crippen LogP contribution in [0.1, 0.15) is 29.7 Å². The number of nitrogens with one attached hydrogen (secondary N) is 1. The van der Waals surface area contributed by atoms with Gasteiger partial charge in [0.2, 0.25) is 0 Å². The van der Waals surface area contributed by atoms with E-state index in [2.05, 4.69) is 5.32 Å². The van der Waals surface area contributed by atoms with Gasteiger partial charge in [0.15, 0.2) is 0 Å².